The molecule has 3 aromatic rings. The second kappa shape index (κ2) is 7.39. The standard InChI is InChI=1S/C16H15N5O4/c1-10-7-12(20-24-10)18-14(22)8-13-19-16(25-21-13)15(23)17-9-11-5-3-2-4-6-11/h2-7H,8-9H2,1H3,(H,17,23)(H,18,20,22). The van der Waals surface area contributed by atoms with Crippen LogP contribution in [0.1, 0.15) is 27.8 Å². The molecule has 1 aromatic carbocycles. The highest BCUT2D eigenvalue weighted by molar-refractivity contribution is 5.91. The topological polar surface area (TPSA) is 123 Å². The minimum absolute atomic E-state index is 0.0996. The lowest BCUT2D eigenvalue weighted by Crippen LogP contribution is -2.23. The predicted molar refractivity (Wildman–Crippen MR) is 85.5 cm³/mol. The van der Waals surface area contributed by atoms with Gasteiger partial charge in [0, 0.05) is 12.6 Å². The molecule has 128 valence electrons. The number of anilines is 1. The van der Waals surface area contributed by atoms with Crippen molar-refractivity contribution in [3.63, 3.8) is 0 Å². The average molecular weight is 341 g/mol. The van der Waals surface area contributed by atoms with Crippen molar-refractivity contribution in [1.29, 1.82) is 0 Å². The Kier molecular flexibility index (Phi) is 4.84. The normalized spacial score (nSPS) is 10.4. The summed E-state index contributed by atoms with van der Waals surface area (Å²) in [7, 11) is 0. The van der Waals surface area contributed by atoms with Crippen LogP contribution in [0.25, 0.3) is 0 Å². The van der Waals surface area contributed by atoms with Crippen LogP contribution in [0.2, 0.25) is 0 Å². The quantitative estimate of drug-likeness (QED) is 0.696. The summed E-state index contributed by atoms with van der Waals surface area (Å²) in [6.45, 7) is 2.05. The molecule has 0 fully saturated rings. The number of hydrogen-bond acceptors (Lipinski definition) is 7. The van der Waals surface area contributed by atoms with Gasteiger partial charge >= 0.3 is 11.8 Å². The monoisotopic (exact) mass is 341 g/mol. The van der Waals surface area contributed by atoms with Crippen molar-refractivity contribution in [3.05, 3.63) is 59.4 Å². The number of nitrogens with zero attached hydrogens (tertiary/aromatic N) is 3. The molecular formula is C16H15N5O4. The van der Waals surface area contributed by atoms with Crippen LogP contribution in [0.15, 0.2) is 45.4 Å². The molecule has 2 N–H and O–H groups in total. The van der Waals surface area contributed by atoms with Gasteiger partial charge in [0.25, 0.3) is 0 Å². The number of carbonyl (C=O) groups excluding carboxylic acids is 2. The van der Waals surface area contributed by atoms with E-state index in [0.29, 0.717) is 18.1 Å². The molecule has 9 heteroatoms. The number of benzene rings is 1. The molecule has 0 aliphatic heterocycles. The van der Waals surface area contributed by atoms with Crippen molar-refractivity contribution < 1.29 is 18.6 Å². The molecule has 0 saturated carbocycles. The lowest BCUT2D eigenvalue weighted by molar-refractivity contribution is -0.115. The maximum absolute atomic E-state index is 12.0. The number of aromatic nitrogens is 3. The lowest BCUT2D eigenvalue weighted by Gasteiger charge is -2.01. The molecule has 3 rings (SSSR count). The van der Waals surface area contributed by atoms with Crippen LogP contribution in [0.4, 0.5) is 5.82 Å². The van der Waals surface area contributed by atoms with Gasteiger partial charge in [0.05, 0.1) is 6.42 Å². The second-order valence-electron chi connectivity index (χ2n) is 5.23. The average Bonchev–Trinajstić information content (AvgIpc) is 3.22. The van der Waals surface area contributed by atoms with E-state index < -0.39 is 11.8 Å². The number of aryl methyl sites for hydroxylation is 1. The van der Waals surface area contributed by atoms with Gasteiger partial charge in [-0.1, -0.05) is 40.6 Å². The van der Waals surface area contributed by atoms with Gasteiger partial charge in [-0.05, 0) is 12.5 Å². The van der Waals surface area contributed by atoms with Crippen molar-refractivity contribution in [1.82, 2.24) is 20.6 Å². The van der Waals surface area contributed by atoms with Gasteiger partial charge in [0.2, 0.25) is 5.91 Å². The van der Waals surface area contributed by atoms with Gasteiger partial charge < -0.3 is 19.7 Å². The van der Waals surface area contributed by atoms with E-state index in [1.807, 2.05) is 30.3 Å². The number of carbonyl (C=O) groups is 2. The first kappa shape index (κ1) is 16.4. The highest BCUT2D eigenvalue weighted by atomic mass is 16.5. The molecule has 2 amide bonds. The van der Waals surface area contributed by atoms with E-state index in [0.717, 1.165) is 5.56 Å². The van der Waals surface area contributed by atoms with Crippen LogP contribution in [0, 0.1) is 6.92 Å². The molecule has 0 bridgehead atoms. The Hall–Kier alpha value is -3.49. The minimum atomic E-state index is -0.505. The molecule has 0 radical (unpaired) electrons. The number of rotatable bonds is 6. The highest BCUT2D eigenvalue weighted by Gasteiger charge is 2.17. The molecule has 0 aliphatic carbocycles. The number of hydrogen-bond donors (Lipinski definition) is 2. The van der Waals surface area contributed by atoms with Crippen LogP contribution in [0.5, 0.6) is 0 Å². The smallest absolute Gasteiger partial charge is 0.315 e. The van der Waals surface area contributed by atoms with Gasteiger partial charge in [-0.2, -0.15) is 4.98 Å². The third-order valence-corrected chi connectivity index (χ3v) is 3.17. The third kappa shape index (κ3) is 4.50. The van der Waals surface area contributed by atoms with Crippen molar-refractivity contribution in [2.45, 2.75) is 19.9 Å². The fourth-order valence-electron chi connectivity index (χ4n) is 2.03. The summed E-state index contributed by atoms with van der Waals surface area (Å²) < 4.78 is 9.73. The maximum atomic E-state index is 12.0. The highest BCUT2D eigenvalue weighted by Crippen LogP contribution is 2.08. The van der Waals surface area contributed by atoms with E-state index in [2.05, 4.69) is 25.9 Å². The zero-order valence-corrected chi connectivity index (χ0v) is 13.4. The largest absolute Gasteiger partial charge is 0.360 e. The van der Waals surface area contributed by atoms with E-state index in [9.17, 15) is 9.59 Å². The molecule has 0 saturated heterocycles. The fraction of sp³-hybridized carbons (Fsp3) is 0.188. The van der Waals surface area contributed by atoms with Crippen LogP contribution < -0.4 is 10.6 Å². The van der Waals surface area contributed by atoms with E-state index in [-0.39, 0.29) is 18.1 Å². The van der Waals surface area contributed by atoms with E-state index in [1.54, 1.807) is 13.0 Å². The van der Waals surface area contributed by atoms with Crippen LogP contribution in [0.3, 0.4) is 0 Å². The fourth-order valence-corrected chi connectivity index (χ4v) is 2.03. The summed E-state index contributed by atoms with van der Waals surface area (Å²) in [5.74, 6) is -0.127. The molecule has 25 heavy (non-hydrogen) atoms. The van der Waals surface area contributed by atoms with E-state index in [1.165, 1.54) is 0 Å². The Morgan fingerprint density at radius 2 is 1.92 bits per heavy atom. The first-order valence-electron chi connectivity index (χ1n) is 7.48. The first-order valence-corrected chi connectivity index (χ1v) is 7.48. The van der Waals surface area contributed by atoms with Crippen LogP contribution in [-0.4, -0.2) is 27.1 Å². The summed E-state index contributed by atoms with van der Waals surface area (Å²) in [5.41, 5.74) is 0.942. The van der Waals surface area contributed by atoms with Crippen molar-refractivity contribution >= 4 is 17.6 Å². The van der Waals surface area contributed by atoms with Gasteiger partial charge in [-0.25, -0.2) is 0 Å². The van der Waals surface area contributed by atoms with Crippen LogP contribution in [-0.2, 0) is 17.8 Å². The second-order valence-corrected chi connectivity index (χ2v) is 5.23. The Bertz CT molecular complexity index is 872. The molecule has 2 aromatic heterocycles. The SMILES string of the molecule is Cc1cc(NC(=O)Cc2noc(C(=O)NCc3ccccc3)n2)no1. The molecule has 0 spiro atoms. The maximum Gasteiger partial charge on any atom is 0.315 e. The van der Waals surface area contributed by atoms with Gasteiger partial charge in [0.1, 0.15) is 5.76 Å². The summed E-state index contributed by atoms with van der Waals surface area (Å²) in [6, 6.07) is 11.0. The summed E-state index contributed by atoms with van der Waals surface area (Å²) in [5, 5.41) is 12.5. The van der Waals surface area contributed by atoms with E-state index in [4.69, 9.17) is 9.05 Å². The molecule has 2 heterocycles. The minimum Gasteiger partial charge on any atom is -0.360 e. The summed E-state index contributed by atoms with van der Waals surface area (Å²) in [6.07, 6.45) is -0.151. The van der Waals surface area contributed by atoms with Gasteiger partial charge in [-0.15, -0.1) is 0 Å². The van der Waals surface area contributed by atoms with Crippen LogP contribution >= 0.6 is 0 Å². The van der Waals surface area contributed by atoms with Crippen molar-refractivity contribution in [2.75, 3.05) is 5.32 Å². The summed E-state index contributed by atoms with van der Waals surface area (Å²) >= 11 is 0. The zero-order valence-electron chi connectivity index (χ0n) is 13.4. The number of amides is 2. The Morgan fingerprint density at radius 3 is 2.64 bits per heavy atom. The Labute approximate surface area is 142 Å². The molecule has 0 unspecified atom stereocenters. The molecule has 9 nitrogen and oxygen atoms in total. The summed E-state index contributed by atoms with van der Waals surface area (Å²) in [4.78, 5) is 27.8. The Balaban J connectivity index is 1.52. The van der Waals surface area contributed by atoms with E-state index >= 15 is 0 Å². The first-order chi connectivity index (χ1) is 12.1. The lowest BCUT2D eigenvalue weighted by atomic mass is 10.2. The predicted octanol–water partition coefficient (Wildman–Crippen LogP) is 1.48. The number of nitrogens with one attached hydrogen (secondary N) is 2. The van der Waals surface area contributed by atoms with Crippen molar-refractivity contribution in [2.24, 2.45) is 0 Å². The third-order valence-electron chi connectivity index (χ3n) is 3.17. The Morgan fingerprint density at radius 1 is 1.12 bits per heavy atom. The molecule has 0 aliphatic rings. The molecular weight excluding hydrogens is 326 g/mol. The van der Waals surface area contributed by atoms with Gasteiger partial charge in [0.15, 0.2) is 11.6 Å². The van der Waals surface area contributed by atoms with Crippen molar-refractivity contribution in [3.8, 4) is 0 Å². The zero-order chi connectivity index (χ0) is 17.6. The molecule has 0 atom stereocenters. The van der Waals surface area contributed by atoms with Gasteiger partial charge in [-0.3, -0.25) is 9.59 Å².